The van der Waals surface area contributed by atoms with Crippen molar-refractivity contribution in [3.8, 4) is 0 Å². The van der Waals surface area contributed by atoms with Crippen LogP contribution in [0.5, 0.6) is 0 Å². The molecule has 2 aromatic rings. The van der Waals surface area contributed by atoms with Gasteiger partial charge in [0.15, 0.2) is 0 Å². The second kappa shape index (κ2) is 6.88. The number of amides is 1. The number of nitrogens with one attached hydrogen (secondary N) is 2. The maximum atomic E-state index is 13.4. The van der Waals surface area contributed by atoms with Crippen molar-refractivity contribution >= 4 is 17.3 Å². The lowest BCUT2D eigenvalue weighted by Crippen LogP contribution is -2.17. The van der Waals surface area contributed by atoms with E-state index in [1.807, 2.05) is 32.0 Å². The summed E-state index contributed by atoms with van der Waals surface area (Å²) >= 11 is 0. The molecule has 2 N–H and O–H groups in total. The highest BCUT2D eigenvalue weighted by Crippen LogP contribution is 2.18. The summed E-state index contributed by atoms with van der Waals surface area (Å²) in [5.41, 5.74) is 3.44. The van der Waals surface area contributed by atoms with Crippen LogP contribution < -0.4 is 10.6 Å². The van der Waals surface area contributed by atoms with E-state index in [2.05, 4.69) is 10.6 Å². The minimum absolute atomic E-state index is 0.0902. The van der Waals surface area contributed by atoms with Crippen LogP contribution in [-0.2, 0) is 4.79 Å². The Labute approximate surface area is 124 Å². The smallest absolute Gasteiger partial charge is 0.226 e. The molecule has 0 aromatic heterocycles. The summed E-state index contributed by atoms with van der Waals surface area (Å²) in [6.45, 7) is 4.37. The van der Waals surface area contributed by atoms with E-state index < -0.39 is 0 Å². The summed E-state index contributed by atoms with van der Waals surface area (Å²) < 4.78 is 13.4. The number of rotatable bonds is 5. The number of benzene rings is 2. The molecule has 1 amide bonds. The number of hydrogen-bond donors (Lipinski definition) is 2. The molecule has 0 aliphatic rings. The topological polar surface area (TPSA) is 41.1 Å². The molecule has 0 unspecified atom stereocenters. The molecule has 0 atom stereocenters. The van der Waals surface area contributed by atoms with Crippen molar-refractivity contribution in [1.82, 2.24) is 0 Å². The molecule has 2 aromatic carbocycles. The molecule has 4 heteroatoms. The van der Waals surface area contributed by atoms with Gasteiger partial charge in [-0.2, -0.15) is 0 Å². The molecule has 110 valence electrons. The molecule has 0 heterocycles. The molecule has 0 radical (unpaired) electrons. The van der Waals surface area contributed by atoms with E-state index in [9.17, 15) is 9.18 Å². The van der Waals surface area contributed by atoms with Crippen LogP contribution in [0.4, 0.5) is 15.8 Å². The zero-order valence-corrected chi connectivity index (χ0v) is 12.2. The van der Waals surface area contributed by atoms with Crippen molar-refractivity contribution in [2.24, 2.45) is 0 Å². The molecule has 3 nitrogen and oxygen atoms in total. The maximum absolute atomic E-state index is 13.4. The third-order valence-corrected chi connectivity index (χ3v) is 3.42. The number of para-hydroxylation sites is 1. The average Bonchev–Trinajstić information content (AvgIpc) is 2.46. The van der Waals surface area contributed by atoms with Crippen LogP contribution in [0.25, 0.3) is 0 Å². The Morgan fingerprint density at radius 3 is 2.52 bits per heavy atom. The highest BCUT2D eigenvalue weighted by atomic mass is 19.1. The van der Waals surface area contributed by atoms with Gasteiger partial charge in [-0.1, -0.05) is 24.3 Å². The second-order valence-corrected chi connectivity index (χ2v) is 4.95. The summed E-state index contributed by atoms with van der Waals surface area (Å²) in [4.78, 5) is 11.9. The highest BCUT2D eigenvalue weighted by Gasteiger charge is 2.06. The Balaban J connectivity index is 1.85. The molecular formula is C17H19FN2O. The molecule has 0 aliphatic heterocycles. The molecule has 0 aliphatic carbocycles. The van der Waals surface area contributed by atoms with E-state index in [4.69, 9.17) is 0 Å². The Bertz CT molecular complexity index is 640. The standard InChI is InChI=1S/C17H19FN2O/c1-12-6-5-9-15(13(12)2)20-17(21)10-11-19-16-8-4-3-7-14(16)18/h3-9,19H,10-11H2,1-2H3,(H,20,21). The van der Waals surface area contributed by atoms with Gasteiger partial charge in [-0.05, 0) is 43.2 Å². The molecule has 0 saturated heterocycles. The van der Waals surface area contributed by atoms with Gasteiger partial charge < -0.3 is 10.6 Å². The summed E-state index contributed by atoms with van der Waals surface area (Å²) in [5, 5.41) is 5.80. The van der Waals surface area contributed by atoms with Crippen LogP contribution in [-0.4, -0.2) is 12.5 Å². The van der Waals surface area contributed by atoms with Gasteiger partial charge in [0, 0.05) is 18.7 Å². The van der Waals surface area contributed by atoms with E-state index in [0.717, 1.165) is 16.8 Å². The van der Waals surface area contributed by atoms with Crippen molar-refractivity contribution < 1.29 is 9.18 Å². The Hall–Kier alpha value is -2.36. The summed E-state index contributed by atoms with van der Waals surface area (Å²) in [6, 6.07) is 12.2. The molecule has 0 bridgehead atoms. The average molecular weight is 286 g/mol. The van der Waals surface area contributed by atoms with E-state index in [0.29, 0.717) is 12.2 Å². The van der Waals surface area contributed by atoms with Crippen LogP contribution in [0.15, 0.2) is 42.5 Å². The number of hydrogen-bond acceptors (Lipinski definition) is 2. The fraction of sp³-hybridized carbons (Fsp3) is 0.235. The summed E-state index contributed by atoms with van der Waals surface area (Å²) in [6.07, 6.45) is 0.279. The molecule has 2 rings (SSSR count). The van der Waals surface area contributed by atoms with Crippen molar-refractivity contribution in [3.63, 3.8) is 0 Å². The van der Waals surface area contributed by atoms with Crippen molar-refractivity contribution in [2.45, 2.75) is 20.3 Å². The minimum Gasteiger partial charge on any atom is -0.382 e. The first kappa shape index (κ1) is 15.0. The normalized spacial score (nSPS) is 10.2. The molecule has 0 spiro atoms. The zero-order chi connectivity index (χ0) is 15.2. The quantitative estimate of drug-likeness (QED) is 0.875. The summed E-state index contributed by atoms with van der Waals surface area (Å²) in [5.74, 6) is -0.403. The van der Waals surface area contributed by atoms with Gasteiger partial charge in [0.1, 0.15) is 5.82 Å². The Kier molecular flexibility index (Phi) is 4.93. The van der Waals surface area contributed by atoms with Crippen LogP contribution in [0.3, 0.4) is 0 Å². The number of anilines is 2. The number of carbonyl (C=O) groups excluding carboxylic acids is 1. The van der Waals surface area contributed by atoms with Gasteiger partial charge in [0.05, 0.1) is 5.69 Å². The lowest BCUT2D eigenvalue weighted by atomic mass is 10.1. The van der Waals surface area contributed by atoms with E-state index in [1.54, 1.807) is 18.2 Å². The van der Waals surface area contributed by atoms with Crippen molar-refractivity contribution in [2.75, 3.05) is 17.2 Å². The van der Waals surface area contributed by atoms with E-state index in [-0.39, 0.29) is 18.1 Å². The fourth-order valence-corrected chi connectivity index (χ4v) is 2.01. The fourth-order valence-electron chi connectivity index (χ4n) is 2.01. The van der Waals surface area contributed by atoms with Crippen LogP contribution >= 0.6 is 0 Å². The third-order valence-electron chi connectivity index (χ3n) is 3.42. The van der Waals surface area contributed by atoms with Gasteiger partial charge in [0.25, 0.3) is 0 Å². The number of aryl methyl sites for hydroxylation is 1. The maximum Gasteiger partial charge on any atom is 0.226 e. The molecule has 0 fully saturated rings. The first-order valence-corrected chi connectivity index (χ1v) is 6.92. The van der Waals surface area contributed by atoms with Crippen LogP contribution in [0, 0.1) is 19.7 Å². The third kappa shape index (κ3) is 4.05. The zero-order valence-electron chi connectivity index (χ0n) is 12.2. The highest BCUT2D eigenvalue weighted by molar-refractivity contribution is 5.91. The lowest BCUT2D eigenvalue weighted by molar-refractivity contribution is -0.115. The van der Waals surface area contributed by atoms with Crippen molar-refractivity contribution in [3.05, 3.63) is 59.4 Å². The SMILES string of the molecule is Cc1cccc(NC(=O)CCNc2ccccc2F)c1C. The van der Waals surface area contributed by atoms with E-state index in [1.165, 1.54) is 6.07 Å². The minimum atomic E-state index is -0.313. The first-order valence-electron chi connectivity index (χ1n) is 6.92. The van der Waals surface area contributed by atoms with Gasteiger partial charge in [-0.25, -0.2) is 4.39 Å². The largest absolute Gasteiger partial charge is 0.382 e. The van der Waals surface area contributed by atoms with Gasteiger partial charge in [-0.3, -0.25) is 4.79 Å². The van der Waals surface area contributed by atoms with Crippen LogP contribution in [0.2, 0.25) is 0 Å². The first-order chi connectivity index (χ1) is 10.1. The van der Waals surface area contributed by atoms with Crippen LogP contribution in [0.1, 0.15) is 17.5 Å². The van der Waals surface area contributed by atoms with Gasteiger partial charge in [-0.15, -0.1) is 0 Å². The van der Waals surface area contributed by atoms with Crippen molar-refractivity contribution in [1.29, 1.82) is 0 Å². The predicted octanol–water partition coefficient (Wildman–Crippen LogP) is 3.88. The molecule has 0 saturated carbocycles. The van der Waals surface area contributed by atoms with Gasteiger partial charge in [0.2, 0.25) is 5.91 Å². The number of carbonyl (C=O) groups is 1. The molecule has 21 heavy (non-hydrogen) atoms. The predicted molar refractivity (Wildman–Crippen MR) is 84.1 cm³/mol. The van der Waals surface area contributed by atoms with E-state index >= 15 is 0 Å². The molecular weight excluding hydrogens is 267 g/mol. The monoisotopic (exact) mass is 286 g/mol. The number of halogens is 1. The Morgan fingerprint density at radius 2 is 1.76 bits per heavy atom. The second-order valence-electron chi connectivity index (χ2n) is 4.95. The summed E-state index contributed by atoms with van der Waals surface area (Å²) in [7, 11) is 0. The lowest BCUT2D eigenvalue weighted by Gasteiger charge is -2.11. The van der Waals surface area contributed by atoms with Gasteiger partial charge >= 0.3 is 0 Å². The Morgan fingerprint density at radius 1 is 1.05 bits per heavy atom.